The van der Waals surface area contributed by atoms with Crippen molar-refractivity contribution < 1.29 is 4.74 Å². The Morgan fingerprint density at radius 2 is 2.11 bits per heavy atom. The Morgan fingerprint density at radius 1 is 1.33 bits per heavy atom. The van der Waals surface area contributed by atoms with E-state index in [1.54, 1.807) is 24.5 Å². The summed E-state index contributed by atoms with van der Waals surface area (Å²) in [6, 6.07) is 3.87. The van der Waals surface area contributed by atoms with E-state index < -0.39 is 0 Å². The number of hydrogen-bond acceptors (Lipinski definition) is 6. The normalized spacial score (nSPS) is 10.7. The van der Waals surface area contributed by atoms with Crippen LogP contribution in [0.2, 0.25) is 0 Å². The minimum absolute atomic E-state index is 0.437. The number of nitrogens with two attached hydrogens (primary N) is 1. The zero-order valence-corrected chi connectivity index (χ0v) is 11.5. The fourth-order valence-electron chi connectivity index (χ4n) is 1.77. The highest BCUT2D eigenvalue weighted by Crippen LogP contribution is 2.29. The second-order valence-electron chi connectivity index (χ2n) is 3.97. The van der Waals surface area contributed by atoms with E-state index >= 15 is 0 Å². The molecule has 5 nitrogen and oxygen atoms in total. The van der Waals surface area contributed by atoms with E-state index in [2.05, 4.69) is 35.3 Å². The number of rotatable bonds is 4. The van der Waals surface area contributed by atoms with Crippen LogP contribution >= 0.6 is 11.3 Å². The van der Waals surface area contributed by atoms with Crippen LogP contribution in [0, 0.1) is 13.8 Å². The van der Waals surface area contributed by atoms with Crippen molar-refractivity contribution in [2.24, 2.45) is 5.84 Å². The summed E-state index contributed by atoms with van der Waals surface area (Å²) in [6.45, 7) is 4.57. The third-order valence-electron chi connectivity index (χ3n) is 2.50. The zero-order valence-electron chi connectivity index (χ0n) is 10.7. The van der Waals surface area contributed by atoms with Crippen LogP contribution in [-0.2, 0) is 11.3 Å². The minimum atomic E-state index is 0.437. The monoisotopic (exact) mass is 264 g/mol. The van der Waals surface area contributed by atoms with Gasteiger partial charge in [0.2, 0.25) is 0 Å². The van der Waals surface area contributed by atoms with Crippen LogP contribution in [0.15, 0.2) is 12.1 Å². The molecule has 0 amide bonds. The minimum Gasteiger partial charge on any atom is -0.378 e. The fourth-order valence-corrected chi connectivity index (χ4v) is 2.69. The molecule has 0 spiro atoms. The first-order valence-electron chi connectivity index (χ1n) is 5.55. The molecule has 96 valence electrons. The molecule has 0 bridgehead atoms. The number of aryl methyl sites for hydroxylation is 2. The van der Waals surface area contributed by atoms with Gasteiger partial charge in [0.1, 0.15) is 5.82 Å². The number of anilines is 1. The molecule has 0 aromatic carbocycles. The van der Waals surface area contributed by atoms with Gasteiger partial charge in [-0.25, -0.2) is 15.8 Å². The van der Waals surface area contributed by atoms with E-state index in [0.29, 0.717) is 18.2 Å². The summed E-state index contributed by atoms with van der Waals surface area (Å²) < 4.78 is 5.10. The van der Waals surface area contributed by atoms with Crippen molar-refractivity contribution in [1.29, 1.82) is 0 Å². The topological polar surface area (TPSA) is 73.1 Å². The van der Waals surface area contributed by atoms with E-state index in [0.717, 1.165) is 11.3 Å². The number of ether oxygens (including phenoxy) is 1. The summed E-state index contributed by atoms with van der Waals surface area (Å²) in [4.78, 5) is 11.3. The Balaban J connectivity index is 2.49. The van der Waals surface area contributed by atoms with Crippen molar-refractivity contribution in [2.75, 3.05) is 12.5 Å². The molecule has 0 aliphatic carbocycles. The van der Waals surface area contributed by atoms with Gasteiger partial charge in [-0.05, 0) is 19.9 Å². The van der Waals surface area contributed by atoms with E-state index in [1.165, 1.54) is 9.75 Å². The van der Waals surface area contributed by atoms with Crippen molar-refractivity contribution in [3.8, 4) is 11.4 Å². The molecule has 2 rings (SSSR count). The van der Waals surface area contributed by atoms with E-state index in [-0.39, 0.29) is 0 Å². The maximum Gasteiger partial charge on any atom is 0.163 e. The number of aromatic nitrogens is 2. The molecule has 0 aliphatic heterocycles. The predicted octanol–water partition coefficient (Wildman–Crippen LogP) is 2.25. The van der Waals surface area contributed by atoms with Crippen molar-refractivity contribution in [3.05, 3.63) is 27.6 Å². The first-order valence-corrected chi connectivity index (χ1v) is 6.36. The van der Waals surface area contributed by atoms with Gasteiger partial charge < -0.3 is 10.2 Å². The van der Waals surface area contributed by atoms with Gasteiger partial charge in [0.05, 0.1) is 12.3 Å². The van der Waals surface area contributed by atoms with Crippen molar-refractivity contribution in [1.82, 2.24) is 9.97 Å². The summed E-state index contributed by atoms with van der Waals surface area (Å²) in [5.41, 5.74) is 4.41. The van der Waals surface area contributed by atoms with Gasteiger partial charge in [-0.2, -0.15) is 0 Å². The van der Waals surface area contributed by atoms with Crippen LogP contribution in [0.4, 0.5) is 5.82 Å². The van der Waals surface area contributed by atoms with Crippen LogP contribution in [0.25, 0.3) is 11.4 Å². The molecule has 0 saturated heterocycles. The molecule has 2 heterocycles. The van der Waals surface area contributed by atoms with Crippen LogP contribution in [-0.4, -0.2) is 17.1 Å². The number of hydrazine groups is 1. The van der Waals surface area contributed by atoms with Crippen molar-refractivity contribution >= 4 is 17.2 Å². The summed E-state index contributed by atoms with van der Waals surface area (Å²) in [5.74, 6) is 6.70. The second kappa shape index (κ2) is 5.43. The van der Waals surface area contributed by atoms with Gasteiger partial charge in [-0.3, -0.25) is 0 Å². The Morgan fingerprint density at radius 3 is 2.67 bits per heavy atom. The molecule has 0 unspecified atom stereocenters. The fraction of sp³-hybridized carbons (Fsp3) is 0.333. The molecule has 0 radical (unpaired) electrons. The third-order valence-corrected chi connectivity index (χ3v) is 3.47. The molecule has 2 aromatic rings. The molecular formula is C12H16N4OS. The number of thiophene rings is 1. The van der Waals surface area contributed by atoms with E-state index in [9.17, 15) is 0 Å². The Bertz CT molecular complexity index is 553. The van der Waals surface area contributed by atoms with Gasteiger partial charge in [0, 0.05) is 28.5 Å². The van der Waals surface area contributed by atoms with Crippen LogP contribution in [0.5, 0.6) is 0 Å². The molecule has 0 aliphatic rings. The van der Waals surface area contributed by atoms with Crippen LogP contribution in [0.1, 0.15) is 15.4 Å². The molecule has 6 heteroatoms. The molecule has 0 atom stereocenters. The van der Waals surface area contributed by atoms with Crippen LogP contribution < -0.4 is 11.3 Å². The summed E-state index contributed by atoms with van der Waals surface area (Å²) >= 11 is 1.73. The smallest absolute Gasteiger partial charge is 0.163 e. The predicted molar refractivity (Wildman–Crippen MR) is 73.3 cm³/mol. The number of nitrogens with zero attached hydrogens (tertiary/aromatic N) is 2. The Kier molecular flexibility index (Phi) is 3.90. The Labute approximate surface area is 110 Å². The molecule has 3 N–H and O–H groups in total. The maximum atomic E-state index is 5.43. The first-order chi connectivity index (χ1) is 8.63. The van der Waals surface area contributed by atoms with Gasteiger partial charge in [0.15, 0.2) is 5.82 Å². The van der Waals surface area contributed by atoms with E-state index in [4.69, 9.17) is 10.6 Å². The largest absolute Gasteiger partial charge is 0.378 e. The van der Waals surface area contributed by atoms with Gasteiger partial charge in [-0.1, -0.05) is 0 Å². The lowest BCUT2D eigenvalue weighted by Crippen LogP contribution is -2.10. The number of nitrogens with one attached hydrogen (secondary N) is 1. The quantitative estimate of drug-likeness (QED) is 0.654. The summed E-state index contributed by atoms with van der Waals surface area (Å²) in [7, 11) is 1.64. The summed E-state index contributed by atoms with van der Waals surface area (Å²) in [6.07, 6.45) is 0. The average molecular weight is 264 g/mol. The highest BCUT2D eigenvalue weighted by molar-refractivity contribution is 7.12. The third kappa shape index (κ3) is 2.66. The van der Waals surface area contributed by atoms with Gasteiger partial charge in [0.25, 0.3) is 0 Å². The Hall–Kier alpha value is -1.50. The number of methoxy groups -OCH3 is 1. The molecule has 2 aromatic heterocycles. The first kappa shape index (κ1) is 12.9. The molecule has 0 saturated carbocycles. The van der Waals surface area contributed by atoms with Crippen molar-refractivity contribution in [3.63, 3.8) is 0 Å². The van der Waals surface area contributed by atoms with Crippen LogP contribution in [0.3, 0.4) is 0 Å². The molecule has 18 heavy (non-hydrogen) atoms. The maximum absolute atomic E-state index is 5.43. The van der Waals surface area contributed by atoms with Gasteiger partial charge >= 0.3 is 0 Å². The lowest BCUT2D eigenvalue weighted by molar-refractivity contribution is 0.181. The lowest BCUT2D eigenvalue weighted by atomic mass is 10.2. The zero-order chi connectivity index (χ0) is 13.1. The average Bonchev–Trinajstić information content (AvgIpc) is 2.68. The molecule has 0 fully saturated rings. The standard InChI is InChI=1S/C12H16N4OS/c1-7-4-10(8(2)18-7)12-14-9(6-17-3)5-11(15-12)16-13/h4-5H,6,13H2,1-3H3,(H,14,15,16). The SMILES string of the molecule is COCc1cc(NN)nc(-c2cc(C)sc2C)n1. The highest BCUT2D eigenvalue weighted by atomic mass is 32.1. The number of hydrogen-bond donors (Lipinski definition) is 2. The lowest BCUT2D eigenvalue weighted by Gasteiger charge is -2.06. The second-order valence-corrected chi connectivity index (χ2v) is 5.43. The van der Waals surface area contributed by atoms with Gasteiger partial charge in [-0.15, -0.1) is 11.3 Å². The highest BCUT2D eigenvalue weighted by Gasteiger charge is 2.11. The molecular weight excluding hydrogens is 248 g/mol. The van der Waals surface area contributed by atoms with E-state index in [1.807, 2.05) is 0 Å². The van der Waals surface area contributed by atoms with Crippen molar-refractivity contribution in [2.45, 2.75) is 20.5 Å². The number of nitrogen functional groups attached to an aromatic ring is 1. The summed E-state index contributed by atoms with van der Waals surface area (Å²) in [5, 5.41) is 0.